The molecule has 1 fully saturated rings. The highest BCUT2D eigenvalue weighted by atomic mass is 79.9. The van der Waals surface area contributed by atoms with Gasteiger partial charge in [0.25, 0.3) is 0 Å². The molecule has 1 aliphatic rings. The number of anilines is 1. The minimum atomic E-state index is 0.301. The van der Waals surface area contributed by atoms with Crippen molar-refractivity contribution in [1.29, 1.82) is 0 Å². The molecule has 16 heavy (non-hydrogen) atoms. The molecule has 0 aliphatic carbocycles. The van der Waals surface area contributed by atoms with E-state index in [-0.39, 0.29) is 0 Å². The van der Waals surface area contributed by atoms with Crippen molar-refractivity contribution >= 4 is 21.6 Å². The number of nitrogens with two attached hydrogens (primary N) is 1. The zero-order chi connectivity index (χ0) is 11.5. The van der Waals surface area contributed by atoms with Crippen LogP contribution >= 0.6 is 15.9 Å². The van der Waals surface area contributed by atoms with Crippen LogP contribution in [-0.2, 0) is 11.3 Å². The minimum absolute atomic E-state index is 0.301. The highest BCUT2D eigenvalue weighted by Gasteiger charge is 2.18. The summed E-state index contributed by atoms with van der Waals surface area (Å²) in [5, 5.41) is 0. The van der Waals surface area contributed by atoms with E-state index in [1.165, 1.54) is 5.69 Å². The van der Waals surface area contributed by atoms with Crippen molar-refractivity contribution in [2.24, 2.45) is 5.73 Å². The number of benzene rings is 1. The molecule has 88 valence electrons. The summed E-state index contributed by atoms with van der Waals surface area (Å²) >= 11 is 3.61. The number of rotatable bonds is 2. The van der Waals surface area contributed by atoms with Gasteiger partial charge < -0.3 is 15.4 Å². The topological polar surface area (TPSA) is 38.5 Å². The first-order valence-corrected chi connectivity index (χ1v) is 6.35. The summed E-state index contributed by atoms with van der Waals surface area (Å²) < 4.78 is 6.65. The second-order valence-corrected chi connectivity index (χ2v) is 4.97. The van der Waals surface area contributed by atoms with Crippen LogP contribution in [0.2, 0.25) is 0 Å². The third-order valence-electron chi connectivity index (χ3n) is 2.83. The standard InChI is InChI=1S/C12H17BrN2O/c1-9-8-15(4-5-16-9)12-3-2-10(7-14)6-11(12)13/h2-3,6,9H,4-5,7-8,14H2,1H3. The summed E-state index contributed by atoms with van der Waals surface area (Å²) in [4.78, 5) is 2.35. The van der Waals surface area contributed by atoms with E-state index in [0.717, 1.165) is 29.7 Å². The van der Waals surface area contributed by atoms with Gasteiger partial charge in [-0.15, -0.1) is 0 Å². The van der Waals surface area contributed by atoms with Gasteiger partial charge in [0.05, 0.1) is 18.4 Å². The molecule has 3 nitrogen and oxygen atoms in total. The lowest BCUT2D eigenvalue weighted by molar-refractivity contribution is 0.0532. The van der Waals surface area contributed by atoms with Gasteiger partial charge in [0.15, 0.2) is 0 Å². The molecule has 1 aliphatic heterocycles. The molecule has 0 spiro atoms. The molecule has 2 N–H and O–H groups in total. The third-order valence-corrected chi connectivity index (χ3v) is 3.46. The lowest BCUT2D eigenvalue weighted by Gasteiger charge is -2.33. The first-order valence-electron chi connectivity index (χ1n) is 5.55. The second kappa shape index (κ2) is 5.17. The number of morpholine rings is 1. The smallest absolute Gasteiger partial charge is 0.0722 e. The molecule has 1 atom stereocenters. The Labute approximate surface area is 105 Å². The first kappa shape index (κ1) is 11.9. The fraction of sp³-hybridized carbons (Fsp3) is 0.500. The van der Waals surface area contributed by atoms with Gasteiger partial charge in [-0.1, -0.05) is 6.07 Å². The highest BCUT2D eigenvalue weighted by molar-refractivity contribution is 9.10. The Hall–Kier alpha value is -0.580. The molecule has 1 aromatic rings. The van der Waals surface area contributed by atoms with Crippen molar-refractivity contribution in [1.82, 2.24) is 0 Å². The molecular weight excluding hydrogens is 268 g/mol. The van der Waals surface area contributed by atoms with Gasteiger partial charge in [-0.3, -0.25) is 0 Å². The Bertz CT molecular complexity index is 370. The quantitative estimate of drug-likeness (QED) is 0.904. The lowest BCUT2D eigenvalue weighted by Crippen LogP contribution is -2.41. The van der Waals surface area contributed by atoms with Crippen LogP contribution in [0, 0.1) is 0 Å². The largest absolute Gasteiger partial charge is 0.375 e. The van der Waals surface area contributed by atoms with Crippen molar-refractivity contribution in [2.75, 3.05) is 24.6 Å². The van der Waals surface area contributed by atoms with Crippen molar-refractivity contribution in [3.63, 3.8) is 0 Å². The monoisotopic (exact) mass is 284 g/mol. The van der Waals surface area contributed by atoms with E-state index in [2.05, 4.69) is 46.0 Å². The van der Waals surface area contributed by atoms with Gasteiger partial charge in [0.1, 0.15) is 0 Å². The van der Waals surface area contributed by atoms with E-state index in [9.17, 15) is 0 Å². The normalized spacial score (nSPS) is 21.2. The molecule has 4 heteroatoms. The first-order chi connectivity index (χ1) is 7.70. The molecule has 1 heterocycles. The third kappa shape index (κ3) is 2.56. The van der Waals surface area contributed by atoms with Crippen LogP contribution in [0.25, 0.3) is 0 Å². The SMILES string of the molecule is CC1CN(c2ccc(CN)cc2Br)CCO1. The van der Waals surface area contributed by atoms with Crippen LogP contribution in [-0.4, -0.2) is 25.8 Å². The van der Waals surface area contributed by atoms with E-state index in [1.807, 2.05) is 0 Å². The maximum Gasteiger partial charge on any atom is 0.0722 e. The summed E-state index contributed by atoms with van der Waals surface area (Å²) in [5.41, 5.74) is 7.99. The minimum Gasteiger partial charge on any atom is -0.375 e. The maximum absolute atomic E-state index is 5.61. The fourth-order valence-electron chi connectivity index (χ4n) is 1.97. The molecule has 0 amide bonds. The molecule has 0 aromatic heterocycles. The van der Waals surface area contributed by atoms with Crippen LogP contribution in [0.3, 0.4) is 0 Å². The van der Waals surface area contributed by atoms with Crippen LogP contribution in [0.1, 0.15) is 12.5 Å². The van der Waals surface area contributed by atoms with Gasteiger partial charge in [0, 0.05) is 24.1 Å². The van der Waals surface area contributed by atoms with Crippen LogP contribution < -0.4 is 10.6 Å². The predicted molar refractivity (Wildman–Crippen MR) is 69.7 cm³/mol. The zero-order valence-electron chi connectivity index (χ0n) is 9.45. The highest BCUT2D eigenvalue weighted by Crippen LogP contribution is 2.28. The fourth-order valence-corrected chi connectivity index (χ4v) is 2.65. The van der Waals surface area contributed by atoms with Crippen molar-refractivity contribution < 1.29 is 4.74 Å². The molecule has 1 aromatic carbocycles. The average molecular weight is 285 g/mol. The summed E-state index contributed by atoms with van der Waals surface area (Å²) in [7, 11) is 0. The van der Waals surface area contributed by atoms with Gasteiger partial charge in [0.2, 0.25) is 0 Å². The van der Waals surface area contributed by atoms with Crippen molar-refractivity contribution in [3.05, 3.63) is 28.2 Å². The van der Waals surface area contributed by atoms with Crippen molar-refractivity contribution in [2.45, 2.75) is 19.6 Å². The zero-order valence-corrected chi connectivity index (χ0v) is 11.0. The predicted octanol–water partition coefficient (Wildman–Crippen LogP) is 2.13. The lowest BCUT2D eigenvalue weighted by atomic mass is 10.2. The molecule has 2 rings (SSSR count). The molecule has 0 bridgehead atoms. The Balaban J connectivity index is 2.19. The van der Waals surface area contributed by atoms with Crippen LogP contribution in [0.15, 0.2) is 22.7 Å². The Morgan fingerprint density at radius 2 is 2.38 bits per heavy atom. The Kier molecular flexibility index (Phi) is 3.84. The van der Waals surface area contributed by atoms with E-state index in [1.54, 1.807) is 0 Å². The molecule has 0 saturated carbocycles. The van der Waals surface area contributed by atoms with E-state index >= 15 is 0 Å². The number of hydrogen-bond donors (Lipinski definition) is 1. The van der Waals surface area contributed by atoms with Gasteiger partial charge in [-0.25, -0.2) is 0 Å². The summed E-state index contributed by atoms with van der Waals surface area (Å²) in [5.74, 6) is 0. The number of ether oxygens (including phenoxy) is 1. The van der Waals surface area contributed by atoms with E-state index < -0.39 is 0 Å². The van der Waals surface area contributed by atoms with Crippen LogP contribution in [0.4, 0.5) is 5.69 Å². The second-order valence-electron chi connectivity index (χ2n) is 4.12. The maximum atomic E-state index is 5.61. The summed E-state index contributed by atoms with van der Waals surface area (Å²) in [6, 6.07) is 6.31. The van der Waals surface area contributed by atoms with E-state index in [4.69, 9.17) is 10.5 Å². The van der Waals surface area contributed by atoms with Crippen molar-refractivity contribution in [3.8, 4) is 0 Å². The summed E-state index contributed by atoms with van der Waals surface area (Å²) in [6.45, 7) is 5.38. The van der Waals surface area contributed by atoms with Crippen LogP contribution in [0.5, 0.6) is 0 Å². The number of nitrogens with zero attached hydrogens (tertiary/aromatic N) is 1. The van der Waals surface area contributed by atoms with Gasteiger partial charge in [-0.2, -0.15) is 0 Å². The molecule has 1 unspecified atom stereocenters. The number of hydrogen-bond acceptors (Lipinski definition) is 3. The Morgan fingerprint density at radius 3 is 3.00 bits per heavy atom. The summed E-state index contributed by atoms with van der Waals surface area (Å²) in [6.07, 6.45) is 0.301. The van der Waals surface area contributed by atoms with Gasteiger partial charge >= 0.3 is 0 Å². The number of halogens is 1. The molecule has 0 radical (unpaired) electrons. The van der Waals surface area contributed by atoms with E-state index in [0.29, 0.717) is 12.6 Å². The average Bonchev–Trinajstić information content (AvgIpc) is 2.28. The molecule has 1 saturated heterocycles. The Morgan fingerprint density at radius 1 is 1.56 bits per heavy atom. The molecular formula is C12H17BrN2O. The van der Waals surface area contributed by atoms with Gasteiger partial charge in [-0.05, 0) is 40.5 Å².